The van der Waals surface area contributed by atoms with Gasteiger partial charge in [0.05, 0.1) is 19.5 Å². The predicted molar refractivity (Wildman–Crippen MR) is 102 cm³/mol. The zero-order valence-corrected chi connectivity index (χ0v) is 15.7. The number of rotatable bonds is 5. The van der Waals surface area contributed by atoms with Gasteiger partial charge in [0.1, 0.15) is 23.2 Å². The summed E-state index contributed by atoms with van der Waals surface area (Å²) in [4.78, 5) is 27.3. The quantitative estimate of drug-likeness (QED) is 0.677. The molecule has 1 aliphatic heterocycles. The molecule has 0 saturated carbocycles. The molecule has 0 N–H and O–H groups in total. The van der Waals surface area contributed by atoms with E-state index in [0.29, 0.717) is 24.6 Å². The van der Waals surface area contributed by atoms with Crippen LogP contribution in [0.4, 0.5) is 0 Å². The molecule has 0 spiro atoms. The number of likely N-dealkylation sites (tertiary alicyclic amines) is 1. The van der Waals surface area contributed by atoms with E-state index in [0.717, 1.165) is 36.3 Å². The zero-order valence-electron chi connectivity index (χ0n) is 15.7. The van der Waals surface area contributed by atoms with Crippen LogP contribution in [0.15, 0.2) is 53.5 Å². The van der Waals surface area contributed by atoms with Crippen LogP contribution in [0.2, 0.25) is 0 Å². The maximum absolute atomic E-state index is 12.9. The van der Waals surface area contributed by atoms with Crippen LogP contribution in [0.3, 0.4) is 0 Å². The van der Waals surface area contributed by atoms with Crippen LogP contribution in [-0.2, 0) is 6.42 Å². The van der Waals surface area contributed by atoms with Gasteiger partial charge < -0.3 is 14.1 Å². The Morgan fingerprint density at radius 3 is 3.00 bits per heavy atom. The molecule has 1 aromatic carbocycles. The van der Waals surface area contributed by atoms with Crippen LogP contribution in [0.1, 0.15) is 53.0 Å². The third-order valence-corrected chi connectivity index (χ3v) is 4.91. The minimum absolute atomic E-state index is 0.134. The molecule has 1 fully saturated rings. The number of amides is 1. The number of methoxy groups -OCH3 is 1. The summed E-state index contributed by atoms with van der Waals surface area (Å²) >= 11 is 0. The third kappa shape index (κ3) is 3.88. The molecule has 28 heavy (non-hydrogen) atoms. The highest BCUT2D eigenvalue weighted by Crippen LogP contribution is 2.32. The highest BCUT2D eigenvalue weighted by Gasteiger charge is 2.32. The molecule has 2 aromatic heterocycles. The molecule has 7 heteroatoms. The second-order valence-electron chi connectivity index (χ2n) is 6.79. The van der Waals surface area contributed by atoms with E-state index in [4.69, 9.17) is 9.15 Å². The maximum atomic E-state index is 12.9. The van der Waals surface area contributed by atoms with Gasteiger partial charge in [0.2, 0.25) is 5.89 Å². The summed E-state index contributed by atoms with van der Waals surface area (Å²) < 4.78 is 11.3. The van der Waals surface area contributed by atoms with Gasteiger partial charge in [-0.25, -0.2) is 9.97 Å². The van der Waals surface area contributed by atoms with Gasteiger partial charge in [-0.1, -0.05) is 12.1 Å². The first kappa shape index (κ1) is 18.2. The molecule has 0 radical (unpaired) electrons. The maximum Gasteiger partial charge on any atom is 0.274 e. The number of ether oxygens (including phenoxy) is 1. The van der Waals surface area contributed by atoms with Crippen molar-refractivity contribution in [3.05, 3.63) is 72.0 Å². The lowest BCUT2D eigenvalue weighted by molar-refractivity contribution is 0.0563. The van der Waals surface area contributed by atoms with E-state index < -0.39 is 0 Å². The number of aromatic nitrogens is 3. The Morgan fingerprint density at radius 2 is 2.18 bits per heavy atom. The molecule has 0 bridgehead atoms. The molecular weight excluding hydrogens is 356 g/mol. The van der Waals surface area contributed by atoms with Crippen LogP contribution in [0.25, 0.3) is 0 Å². The van der Waals surface area contributed by atoms with Crippen molar-refractivity contribution in [2.45, 2.75) is 31.7 Å². The Kier molecular flexibility index (Phi) is 5.32. The van der Waals surface area contributed by atoms with Gasteiger partial charge in [0, 0.05) is 25.4 Å². The average molecular weight is 378 g/mol. The monoisotopic (exact) mass is 378 g/mol. The first-order chi connectivity index (χ1) is 13.7. The highest BCUT2D eigenvalue weighted by atomic mass is 16.5. The van der Waals surface area contributed by atoms with Crippen molar-refractivity contribution in [1.82, 2.24) is 19.9 Å². The molecule has 1 saturated heterocycles. The fourth-order valence-corrected chi connectivity index (χ4v) is 3.53. The number of carbonyl (C=O) groups is 1. The van der Waals surface area contributed by atoms with E-state index in [1.165, 1.54) is 12.4 Å². The molecule has 4 rings (SSSR count). The smallest absolute Gasteiger partial charge is 0.274 e. The first-order valence-electron chi connectivity index (χ1n) is 9.39. The Balaban J connectivity index is 1.53. The summed E-state index contributed by atoms with van der Waals surface area (Å²) in [5.74, 6) is 2.02. The largest absolute Gasteiger partial charge is 0.497 e. The third-order valence-electron chi connectivity index (χ3n) is 4.91. The predicted octanol–water partition coefficient (Wildman–Crippen LogP) is 3.43. The normalized spacial score (nSPS) is 16.8. The Morgan fingerprint density at radius 1 is 1.25 bits per heavy atom. The molecule has 7 nitrogen and oxygen atoms in total. The molecule has 144 valence electrons. The van der Waals surface area contributed by atoms with Gasteiger partial charge in [-0.05, 0) is 37.0 Å². The summed E-state index contributed by atoms with van der Waals surface area (Å²) in [6.45, 7) is 0.660. The topological polar surface area (TPSA) is 81.4 Å². The molecule has 0 unspecified atom stereocenters. The van der Waals surface area contributed by atoms with Gasteiger partial charge >= 0.3 is 0 Å². The van der Waals surface area contributed by atoms with Crippen LogP contribution in [-0.4, -0.2) is 39.4 Å². The molecule has 1 amide bonds. The number of benzene rings is 1. The van der Waals surface area contributed by atoms with E-state index in [9.17, 15) is 4.79 Å². The Bertz CT molecular complexity index is 942. The lowest BCUT2D eigenvalue weighted by Crippen LogP contribution is -2.39. The van der Waals surface area contributed by atoms with E-state index >= 15 is 0 Å². The fourth-order valence-electron chi connectivity index (χ4n) is 3.53. The standard InChI is InChI=1S/C21H22N4O3/c1-27-16-6-4-5-15(11-16)12-17-13-24-20(28-17)19-7-2-3-10-25(19)21(26)18-14-22-8-9-23-18/h4-6,8-9,11,13-14,19H,2-3,7,10,12H2,1H3/t19-/m1/s1. The summed E-state index contributed by atoms with van der Waals surface area (Å²) in [5.41, 5.74) is 1.43. The number of hydrogen-bond donors (Lipinski definition) is 0. The minimum Gasteiger partial charge on any atom is -0.497 e. The summed E-state index contributed by atoms with van der Waals surface area (Å²) in [5, 5.41) is 0. The van der Waals surface area contributed by atoms with Crippen molar-refractivity contribution in [3.63, 3.8) is 0 Å². The molecule has 1 atom stereocenters. The van der Waals surface area contributed by atoms with Gasteiger partial charge in [-0.2, -0.15) is 0 Å². The van der Waals surface area contributed by atoms with Crippen molar-refractivity contribution in [3.8, 4) is 5.75 Å². The second kappa shape index (κ2) is 8.21. The summed E-state index contributed by atoms with van der Waals surface area (Å²) in [6.07, 6.45) is 9.77. The van der Waals surface area contributed by atoms with E-state index in [-0.39, 0.29) is 11.9 Å². The zero-order chi connectivity index (χ0) is 19.3. The highest BCUT2D eigenvalue weighted by molar-refractivity contribution is 5.92. The van der Waals surface area contributed by atoms with Crippen molar-refractivity contribution in [2.75, 3.05) is 13.7 Å². The lowest BCUT2D eigenvalue weighted by Gasteiger charge is -2.33. The molecule has 3 aromatic rings. The minimum atomic E-state index is -0.178. The SMILES string of the molecule is COc1cccc(Cc2cnc([C@H]3CCCCN3C(=O)c3cnccn3)o2)c1. The number of piperidine rings is 1. The molecule has 1 aliphatic rings. The van der Waals surface area contributed by atoms with Crippen LogP contribution in [0.5, 0.6) is 5.75 Å². The fraction of sp³-hybridized carbons (Fsp3) is 0.333. The Labute approximate surface area is 163 Å². The summed E-state index contributed by atoms with van der Waals surface area (Å²) in [7, 11) is 1.65. The van der Waals surface area contributed by atoms with Crippen LogP contribution in [0, 0.1) is 0 Å². The lowest BCUT2D eigenvalue weighted by atomic mass is 10.0. The van der Waals surface area contributed by atoms with Crippen molar-refractivity contribution >= 4 is 5.91 Å². The number of nitrogens with zero attached hydrogens (tertiary/aromatic N) is 4. The van der Waals surface area contributed by atoms with Gasteiger partial charge in [0.25, 0.3) is 5.91 Å². The van der Waals surface area contributed by atoms with Gasteiger partial charge in [-0.3, -0.25) is 9.78 Å². The van der Waals surface area contributed by atoms with Crippen molar-refractivity contribution in [2.24, 2.45) is 0 Å². The van der Waals surface area contributed by atoms with E-state index in [1.54, 1.807) is 24.4 Å². The van der Waals surface area contributed by atoms with Gasteiger partial charge in [0.15, 0.2) is 0 Å². The molecule has 3 heterocycles. The van der Waals surface area contributed by atoms with Crippen molar-refractivity contribution < 1.29 is 13.9 Å². The molecular formula is C21H22N4O3. The van der Waals surface area contributed by atoms with Crippen LogP contribution < -0.4 is 4.74 Å². The van der Waals surface area contributed by atoms with Crippen molar-refractivity contribution in [1.29, 1.82) is 0 Å². The number of carbonyl (C=O) groups excluding carboxylic acids is 1. The number of hydrogen-bond acceptors (Lipinski definition) is 6. The van der Waals surface area contributed by atoms with Crippen LogP contribution >= 0.6 is 0 Å². The van der Waals surface area contributed by atoms with E-state index in [2.05, 4.69) is 15.0 Å². The molecule has 0 aliphatic carbocycles. The van der Waals surface area contributed by atoms with Gasteiger partial charge in [-0.15, -0.1) is 0 Å². The second-order valence-corrected chi connectivity index (χ2v) is 6.79. The van der Waals surface area contributed by atoms with E-state index in [1.807, 2.05) is 24.3 Å². The first-order valence-corrected chi connectivity index (χ1v) is 9.39. The average Bonchev–Trinajstić information content (AvgIpc) is 3.22. The summed E-state index contributed by atoms with van der Waals surface area (Å²) in [6, 6.07) is 7.69. The Hall–Kier alpha value is -3.22. The number of oxazole rings is 1.